The fraction of sp³-hybridized carbons (Fsp3) is 0.632. The molecule has 3 atom stereocenters. The summed E-state index contributed by atoms with van der Waals surface area (Å²) >= 11 is 0. The minimum Gasteiger partial charge on any atom is -0.345 e. The van der Waals surface area contributed by atoms with Gasteiger partial charge in [-0.15, -0.1) is 0 Å². The number of nitrogens with zero attached hydrogens (tertiary/aromatic N) is 3. The van der Waals surface area contributed by atoms with Gasteiger partial charge in [0.1, 0.15) is 0 Å². The average Bonchev–Trinajstić information content (AvgIpc) is 3.38. The van der Waals surface area contributed by atoms with Crippen molar-refractivity contribution in [3.63, 3.8) is 0 Å². The predicted molar refractivity (Wildman–Crippen MR) is 102 cm³/mol. The third kappa shape index (κ3) is 4.66. The van der Waals surface area contributed by atoms with Gasteiger partial charge in [-0.1, -0.05) is 0 Å². The van der Waals surface area contributed by atoms with Crippen molar-refractivity contribution in [3.05, 3.63) is 30.1 Å². The van der Waals surface area contributed by atoms with Crippen molar-refractivity contribution in [2.24, 2.45) is 11.8 Å². The molecule has 0 radical (unpaired) electrons. The second-order valence-electron chi connectivity index (χ2n) is 7.50. The summed E-state index contributed by atoms with van der Waals surface area (Å²) in [6.07, 6.45) is 5.27. The average molecular weight is 394 g/mol. The molecular weight excluding hydrogens is 366 g/mol. The van der Waals surface area contributed by atoms with Crippen LogP contribution in [0.3, 0.4) is 0 Å². The summed E-state index contributed by atoms with van der Waals surface area (Å²) in [5.74, 6) is -0.454. The quantitative estimate of drug-likeness (QED) is 0.682. The second-order valence-corrected chi connectivity index (χ2v) is 9.72. The van der Waals surface area contributed by atoms with Gasteiger partial charge >= 0.3 is 0 Å². The number of aromatic nitrogens is 1. The van der Waals surface area contributed by atoms with Crippen LogP contribution in [0.2, 0.25) is 0 Å². The third-order valence-electron chi connectivity index (χ3n) is 5.56. The Morgan fingerprint density at radius 1 is 1.19 bits per heavy atom. The van der Waals surface area contributed by atoms with Crippen molar-refractivity contribution in [1.29, 1.82) is 0 Å². The van der Waals surface area contributed by atoms with Crippen LogP contribution in [0.5, 0.6) is 0 Å². The van der Waals surface area contributed by atoms with Gasteiger partial charge in [-0.3, -0.25) is 14.6 Å². The zero-order valence-electron chi connectivity index (χ0n) is 15.9. The van der Waals surface area contributed by atoms with Crippen LogP contribution < -0.4 is 0 Å². The molecule has 1 saturated carbocycles. The minimum atomic E-state index is -3.04. The standard InChI is InChI=1S/C19H27N3O4S/c1-3-22(15-7-11-27(25,26)13-15)19(24)17-12-16(17)18(23)21(2)10-6-14-4-8-20-9-5-14/h4-5,8-9,15-17H,3,6-7,10-13H2,1-2H3. The monoisotopic (exact) mass is 393 g/mol. The molecule has 2 heterocycles. The molecule has 3 rings (SSSR count). The van der Waals surface area contributed by atoms with E-state index >= 15 is 0 Å². The number of sulfone groups is 1. The Kier molecular flexibility index (Phi) is 5.83. The molecule has 2 amide bonds. The highest BCUT2D eigenvalue weighted by Crippen LogP contribution is 2.42. The number of likely N-dealkylation sites (N-methyl/N-ethyl adjacent to an activating group) is 1. The van der Waals surface area contributed by atoms with Gasteiger partial charge in [0.05, 0.1) is 23.3 Å². The number of amides is 2. The maximum atomic E-state index is 12.8. The summed E-state index contributed by atoms with van der Waals surface area (Å²) < 4.78 is 23.4. The molecule has 0 aromatic carbocycles. The van der Waals surface area contributed by atoms with Crippen LogP contribution in [0.1, 0.15) is 25.3 Å². The summed E-state index contributed by atoms with van der Waals surface area (Å²) in [5, 5.41) is 0. The van der Waals surface area contributed by atoms with E-state index in [1.807, 2.05) is 19.1 Å². The molecule has 1 aliphatic carbocycles. The summed E-state index contributed by atoms with van der Waals surface area (Å²) in [6.45, 7) is 2.94. The first-order valence-electron chi connectivity index (χ1n) is 9.47. The molecule has 7 nitrogen and oxygen atoms in total. The molecule has 3 unspecified atom stereocenters. The summed E-state index contributed by atoms with van der Waals surface area (Å²) in [6, 6.07) is 3.61. The van der Waals surface area contributed by atoms with E-state index in [1.54, 1.807) is 29.2 Å². The van der Waals surface area contributed by atoms with Crippen molar-refractivity contribution >= 4 is 21.7 Å². The van der Waals surface area contributed by atoms with Crippen LogP contribution in [0.25, 0.3) is 0 Å². The number of rotatable bonds is 7. The van der Waals surface area contributed by atoms with Crippen molar-refractivity contribution in [3.8, 4) is 0 Å². The van der Waals surface area contributed by atoms with Gasteiger partial charge in [0.15, 0.2) is 9.84 Å². The van der Waals surface area contributed by atoms with Gasteiger partial charge < -0.3 is 9.80 Å². The van der Waals surface area contributed by atoms with E-state index in [0.717, 1.165) is 12.0 Å². The number of carbonyl (C=O) groups is 2. The Hall–Kier alpha value is -1.96. The highest BCUT2D eigenvalue weighted by atomic mass is 32.2. The molecule has 148 valence electrons. The van der Waals surface area contributed by atoms with Gasteiger partial charge in [-0.25, -0.2) is 8.42 Å². The smallest absolute Gasteiger partial charge is 0.226 e. The predicted octanol–water partition coefficient (Wildman–Crippen LogP) is 0.754. The molecule has 0 spiro atoms. The maximum absolute atomic E-state index is 12.8. The van der Waals surface area contributed by atoms with E-state index in [9.17, 15) is 18.0 Å². The fourth-order valence-corrected chi connectivity index (χ4v) is 5.54. The molecule has 1 aliphatic heterocycles. The van der Waals surface area contributed by atoms with Crippen LogP contribution in [0.15, 0.2) is 24.5 Å². The van der Waals surface area contributed by atoms with Crippen LogP contribution in [-0.4, -0.2) is 72.7 Å². The summed E-state index contributed by atoms with van der Waals surface area (Å²) in [4.78, 5) is 32.8. The van der Waals surface area contributed by atoms with Gasteiger partial charge in [-0.2, -0.15) is 0 Å². The second kappa shape index (κ2) is 7.96. The van der Waals surface area contributed by atoms with Crippen LogP contribution in [-0.2, 0) is 25.8 Å². The molecule has 0 bridgehead atoms. The first-order chi connectivity index (χ1) is 12.8. The Labute approximate surface area is 160 Å². The molecule has 1 aromatic heterocycles. The van der Waals surface area contributed by atoms with E-state index < -0.39 is 9.84 Å². The first-order valence-corrected chi connectivity index (χ1v) is 11.3. The van der Waals surface area contributed by atoms with E-state index in [4.69, 9.17) is 0 Å². The molecule has 2 fully saturated rings. The van der Waals surface area contributed by atoms with E-state index in [1.165, 1.54) is 0 Å². The summed E-state index contributed by atoms with van der Waals surface area (Å²) in [7, 11) is -1.27. The van der Waals surface area contributed by atoms with E-state index in [0.29, 0.717) is 25.9 Å². The van der Waals surface area contributed by atoms with Crippen molar-refractivity contribution in [1.82, 2.24) is 14.8 Å². The Morgan fingerprint density at radius 2 is 1.85 bits per heavy atom. The zero-order valence-corrected chi connectivity index (χ0v) is 16.7. The topological polar surface area (TPSA) is 87.7 Å². The molecule has 2 aliphatic rings. The number of hydrogen-bond donors (Lipinski definition) is 0. The van der Waals surface area contributed by atoms with Gasteiger partial charge in [0.25, 0.3) is 0 Å². The van der Waals surface area contributed by atoms with Gasteiger partial charge in [-0.05, 0) is 43.9 Å². The van der Waals surface area contributed by atoms with Crippen LogP contribution >= 0.6 is 0 Å². The fourth-order valence-electron chi connectivity index (χ4n) is 3.81. The lowest BCUT2D eigenvalue weighted by Gasteiger charge is -2.27. The van der Waals surface area contributed by atoms with Crippen molar-refractivity contribution in [2.45, 2.75) is 32.2 Å². The molecule has 27 heavy (non-hydrogen) atoms. The molecule has 1 aromatic rings. The highest BCUT2D eigenvalue weighted by molar-refractivity contribution is 7.91. The molecule has 0 N–H and O–H groups in total. The molecule has 1 saturated heterocycles. The zero-order chi connectivity index (χ0) is 19.6. The Bertz CT molecular complexity index is 796. The largest absolute Gasteiger partial charge is 0.345 e. The molecular formula is C19H27N3O4S. The molecule has 8 heteroatoms. The number of hydrogen-bond acceptors (Lipinski definition) is 5. The van der Waals surface area contributed by atoms with Gasteiger partial charge in [0, 0.05) is 38.6 Å². The van der Waals surface area contributed by atoms with E-state index in [2.05, 4.69) is 4.98 Å². The maximum Gasteiger partial charge on any atom is 0.226 e. The lowest BCUT2D eigenvalue weighted by atomic mass is 10.1. The van der Waals surface area contributed by atoms with Gasteiger partial charge in [0.2, 0.25) is 11.8 Å². The number of pyridine rings is 1. The first kappa shape index (κ1) is 19.8. The lowest BCUT2D eigenvalue weighted by molar-refractivity contribution is -0.138. The van der Waals surface area contributed by atoms with Crippen LogP contribution in [0, 0.1) is 11.8 Å². The van der Waals surface area contributed by atoms with Crippen molar-refractivity contribution < 1.29 is 18.0 Å². The summed E-state index contributed by atoms with van der Waals surface area (Å²) in [5.41, 5.74) is 1.12. The Morgan fingerprint density at radius 3 is 2.44 bits per heavy atom. The third-order valence-corrected chi connectivity index (χ3v) is 7.31. The van der Waals surface area contributed by atoms with E-state index in [-0.39, 0.29) is 41.2 Å². The van der Waals surface area contributed by atoms with Crippen molar-refractivity contribution in [2.75, 3.05) is 31.6 Å². The lowest BCUT2D eigenvalue weighted by Crippen LogP contribution is -2.42. The van der Waals surface area contributed by atoms with Crippen LogP contribution in [0.4, 0.5) is 0 Å². The highest BCUT2D eigenvalue weighted by Gasteiger charge is 2.51. The normalized spacial score (nSPS) is 25.8. The SMILES string of the molecule is CCN(C(=O)C1CC1C(=O)N(C)CCc1ccncc1)C1CCS(=O)(=O)C1. The minimum absolute atomic E-state index is 0.00231. The Balaban J connectivity index is 1.52. The number of carbonyl (C=O) groups excluding carboxylic acids is 2.